The lowest BCUT2D eigenvalue weighted by Crippen LogP contribution is -2.14. The first kappa shape index (κ1) is 18.7. The fourth-order valence-corrected chi connectivity index (χ4v) is 3.92. The zero-order valence-corrected chi connectivity index (χ0v) is 15.6. The molecule has 1 nitrogen and oxygen atoms in total. The molecule has 0 bridgehead atoms. The SMILES string of the molecule is OCCc1ccc(C(c2ccccc2)C(CCCl)c2ccccc2)cc1. The van der Waals surface area contributed by atoms with E-state index in [1.165, 1.54) is 16.7 Å². The average molecular weight is 365 g/mol. The van der Waals surface area contributed by atoms with E-state index in [-0.39, 0.29) is 12.5 Å². The molecule has 0 aliphatic carbocycles. The van der Waals surface area contributed by atoms with E-state index >= 15 is 0 Å². The van der Waals surface area contributed by atoms with Gasteiger partial charge in [-0.1, -0.05) is 84.9 Å². The standard InChI is InChI=1S/C24H25ClO/c25-17-15-23(20-7-3-1-4-8-20)24(21-9-5-2-6-10-21)22-13-11-19(12-14-22)16-18-26/h1-14,23-24,26H,15-18H2. The Hall–Kier alpha value is -2.09. The van der Waals surface area contributed by atoms with E-state index < -0.39 is 0 Å². The second-order valence-corrected chi connectivity index (χ2v) is 6.98. The Morgan fingerprint density at radius 2 is 1.23 bits per heavy atom. The quantitative estimate of drug-likeness (QED) is 0.503. The van der Waals surface area contributed by atoms with Gasteiger partial charge in [0.1, 0.15) is 0 Å². The summed E-state index contributed by atoms with van der Waals surface area (Å²) in [6.07, 6.45) is 1.61. The minimum absolute atomic E-state index is 0.181. The summed E-state index contributed by atoms with van der Waals surface area (Å²) in [6, 6.07) is 30.0. The molecular formula is C24H25ClO. The molecule has 0 heterocycles. The van der Waals surface area contributed by atoms with E-state index in [2.05, 4.69) is 84.9 Å². The molecule has 3 aromatic carbocycles. The van der Waals surface area contributed by atoms with E-state index in [1.807, 2.05) is 0 Å². The number of hydrogen-bond acceptors (Lipinski definition) is 1. The van der Waals surface area contributed by atoms with Gasteiger partial charge in [-0.25, -0.2) is 0 Å². The molecule has 0 amide bonds. The Morgan fingerprint density at radius 1 is 0.692 bits per heavy atom. The number of aliphatic hydroxyl groups is 1. The molecule has 0 saturated carbocycles. The van der Waals surface area contributed by atoms with Crippen molar-refractivity contribution in [2.45, 2.75) is 24.7 Å². The van der Waals surface area contributed by atoms with Gasteiger partial charge in [0, 0.05) is 18.4 Å². The number of alkyl halides is 1. The van der Waals surface area contributed by atoms with Crippen LogP contribution in [0.5, 0.6) is 0 Å². The zero-order valence-electron chi connectivity index (χ0n) is 14.9. The van der Waals surface area contributed by atoms with Crippen LogP contribution in [0, 0.1) is 0 Å². The van der Waals surface area contributed by atoms with Crippen molar-refractivity contribution in [3.63, 3.8) is 0 Å². The van der Waals surface area contributed by atoms with Gasteiger partial charge in [-0.05, 0) is 41.0 Å². The fraction of sp³-hybridized carbons (Fsp3) is 0.250. The lowest BCUT2D eigenvalue weighted by molar-refractivity contribution is 0.299. The molecule has 0 aliphatic heterocycles. The van der Waals surface area contributed by atoms with Gasteiger partial charge in [0.2, 0.25) is 0 Å². The molecule has 3 aromatic rings. The van der Waals surface area contributed by atoms with Crippen LogP contribution in [0.3, 0.4) is 0 Å². The second-order valence-electron chi connectivity index (χ2n) is 6.60. The van der Waals surface area contributed by atoms with Crippen molar-refractivity contribution in [3.8, 4) is 0 Å². The summed E-state index contributed by atoms with van der Waals surface area (Å²) in [6.45, 7) is 0.181. The van der Waals surface area contributed by atoms with Gasteiger partial charge in [0.15, 0.2) is 0 Å². The van der Waals surface area contributed by atoms with Crippen molar-refractivity contribution >= 4 is 11.6 Å². The average Bonchev–Trinajstić information content (AvgIpc) is 2.70. The second kappa shape index (κ2) is 9.56. The predicted molar refractivity (Wildman–Crippen MR) is 110 cm³/mol. The molecule has 3 rings (SSSR count). The van der Waals surface area contributed by atoms with Crippen molar-refractivity contribution in [1.82, 2.24) is 0 Å². The molecule has 1 N–H and O–H groups in total. The van der Waals surface area contributed by atoms with Crippen molar-refractivity contribution in [1.29, 1.82) is 0 Å². The molecule has 0 saturated heterocycles. The lowest BCUT2D eigenvalue weighted by Gasteiger charge is -2.28. The third-order valence-corrected chi connectivity index (χ3v) is 5.17. The zero-order chi connectivity index (χ0) is 18.2. The molecule has 0 fully saturated rings. The maximum absolute atomic E-state index is 9.17. The Bertz CT molecular complexity index is 768. The Labute approximate surface area is 161 Å². The summed E-state index contributed by atoms with van der Waals surface area (Å²) < 4.78 is 0. The summed E-state index contributed by atoms with van der Waals surface area (Å²) in [4.78, 5) is 0. The molecule has 2 heteroatoms. The van der Waals surface area contributed by atoms with Gasteiger partial charge < -0.3 is 5.11 Å². The highest BCUT2D eigenvalue weighted by molar-refractivity contribution is 6.17. The fourth-order valence-electron chi connectivity index (χ4n) is 3.68. The van der Waals surface area contributed by atoms with Gasteiger partial charge >= 0.3 is 0 Å². The first-order chi connectivity index (χ1) is 12.8. The predicted octanol–water partition coefficient (Wildman–Crippen LogP) is 5.77. The largest absolute Gasteiger partial charge is 0.396 e. The number of halogens is 1. The normalized spacial score (nSPS) is 13.3. The number of rotatable bonds is 8. The first-order valence-corrected chi connectivity index (χ1v) is 9.72. The van der Waals surface area contributed by atoms with Gasteiger partial charge in [0.05, 0.1) is 0 Å². The Morgan fingerprint density at radius 3 is 1.77 bits per heavy atom. The van der Waals surface area contributed by atoms with Gasteiger partial charge in [-0.2, -0.15) is 0 Å². The molecule has 0 aliphatic rings. The summed E-state index contributed by atoms with van der Waals surface area (Å²) in [5.41, 5.74) is 5.08. The van der Waals surface area contributed by atoms with Gasteiger partial charge in [-0.15, -0.1) is 11.6 Å². The number of aliphatic hydroxyl groups excluding tert-OH is 1. The lowest BCUT2D eigenvalue weighted by atomic mass is 9.76. The van der Waals surface area contributed by atoms with Crippen LogP contribution in [-0.2, 0) is 6.42 Å². The molecule has 2 atom stereocenters. The number of benzene rings is 3. The van der Waals surface area contributed by atoms with E-state index in [1.54, 1.807) is 0 Å². The van der Waals surface area contributed by atoms with Crippen LogP contribution in [0.4, 0.5) is 0 Å². The van der Waals surface area contributed by atoms with Gasteiger partial charge in [0.25, 0.3) is 0 Å². The van der Waals surface area contributed by atoms with Crippen molar-refractivity contribution in [2.75, 3.05) is 12.5 Å². The van der Waals surface area contributed by atoms with Crippen LogP contribution in [0.15, 0.2) is 84.9 Å². The van der Waals surface area contributed by atoms with Crippen LogP contribution < -0.4 is 0 Å². The maximum Gasteiger partial charge on any atom is 0.0471 e. The molecule has 0 radical (unpaired) electrons. The summed E-state index contributed by atoms with van der Waals surface area (Å²) in [5.74, 6) is 1.20. The minimum atomic E-state index is 0.181. The molecule has 134 valence electrons. The Kier molecular flexibility index (Phi) is 6.88. The molecule has 0 spiro atoms. The Balaban J connectivity index is 2.04. The molecule has 26 heavy (non-hydrogen) atoms. The van der Waals surface area contributed by atoms with E-state index in [0.717, 1.165) is 12.0 Å². The molecule has 0 aromatic heterocycles. The third kappa shape index (κ3) is 4.55. The van der Waals surface area contributed by atoms with Crippen molar-refractivity contribution < 1.29 is 5.11 Å². The molecular weight excluding hydrogens is 340 g/mol. The van der Waals surface area contributed by atoms with Crippen LogP contribution >= 0.6 is 11.6 Å². The topological polar surface area (TPSA) is 20.2 Å². The summed E-state index contributed by atoms with van der Waals surface area (Å²) in [7, 11) is 0. The monoisotopic (exact) mass is 364 g/mol. The highest BCUT2D eigenvalue weighted by atomic mass is 35.5. The smallest absolute Gasteiger partial charge is 0.0471 e. The highest BCUT2D eigenvalue weighted by Gasteiger charge is 2.26. The third-order valence-electron chi connectivity index (χ3n) is 4.95. The summed E-state index contributed by atoms with van der Waals surface area (Å²) in [5, 5.41) is 9.17. The minimum Gasteiger partial charge on any atom is -0.396 e. The number of hydrogen-bond donors (Lipinski definition) is 1. The maximum atomic E-state index is 9.17. The van der Waals surface area contributed by atoms with Crippen LogP contribution in [0.1, 0.15) is 40.5 Å². The summed E-state index contributed by atoms with van der Waals surface area (Å²) >= 11 is 6.20. The van der Waals surface area contributed by atoms with Crippen LogP contribution in [-0.4, -0.2) is 17.6 Å². The van der Waals surface area contributed by atoms with E-state index in [9.17, 15) is 0 Å². The molecule has 2 unspecified atom stereocenters. The van der Waals surface area contributed by atoms with Crippen molar-refractivity contribution in [3.05, 3.63) is 107 Å². The van der Waals surface area contributed by atoms with Gasteiger partial charge in [-0.3, -0.25) is 0 Å². The van der Waals surface area contributed by atoms with Crippen LogP contribution in [0.25, 0.3) is 0 Å². The van der Waals surface area contributed by atoms with Crippen molar-refractivity contribution in [2.24, 2.45) is 0 Å². The highest BCUT2D eigenvalue weighted by Crippen LogP contribution is 2.40. The van der Waals surface area contributed by atoms with Crippen LogP contribution in [0.2, 0.25) is 0 Å². The first-order valence-electron chi connectivity index (χ1n) is 9.19. The van der Waals surface area contributed by atoms with E-state index in [0.29, 0.717) is 18.2 Å². The van der Waals surface area contributed by atoms with E-state index in [4.69, 9.17) is 16.7 Å².